The zero-order valence-corrected chi connectivity index (χ0v) is 7.13. The zero-order chi connectivity index (χ0) is 10.7. The lowest BCUT2D eigenvalue weighted by atomic mass is 10.3. The SMILES string of the molecule is COc1cc(C(=O)O)cnc1[N+](=O)[O-]. The van der Waals surface area contributed by atoms with Gasteiger partial charge < -0.3 is 20.0 Å². The quantitative estimate of drug-likeness (QED) is 0.566. The highest BCUT2D eigenvalue weighted by Crippen LogP contribution is 2.24. The number of carbonyl (C=O) groups is 1. The lowest BCUT2D eigenvalue weighted by Gasteiger charge is -2.00. The Morgan fingerprint density at radius 1 is 1.71 bits per heavy atom. The summed E-state index contributed by atoms with van der Waals surface area (Å²) in [7, 11) is 1.20. The smallest absolute Gasteiger partial charge is 0.406 e. The Balaban J connectivity index is 3.25. The molecular formula is C7H6N2O5. The molecule has 0 aliphatic carbocycles. The third-order valence-electron chi connectivity index (χ3n) is 1.47. The summed E-state index contributed by atoms with van der Waals surface area (Å²) in [6.07, 6.45) is 0.906. The number of pyridine rings is 1. The van der Waals surface area contributed by atoms with E-state index < -0.39 is 16.7 Å². The monoisotopic (exact) mass is 198 g/mol. The van der Waals surface area contributed by atoms with Gasteiger partial charge in [0.15, 0.2) is 6.20 Å². The van der Waals surface area contributed by atoms with Gasteiger partial charge in [-0.15, -0.1) is 0 Å². The fraction of sp³-hybridized carbons (Fsp3) is 0.143. The van der Waals surface area contributed by atoms with Crippen LogP contribution >= 0.6 is 0 Å². The third kappa shape index (κ3) is 1.76. The Kier molecular flexibility index (Phi) is 2.61. The van der Waals surface area contributed by atoms with Crippen LogP contribution < -0.4 is 4.74 Å². The number of carboxylic acid groups (broad SMARTS) is 1. The number of nitro groups is 1. The molecule has 1 aromatic heterocycles. The van der Waals surface area contributed by atoms with Crippen molar-refractivity contribution in [2.24, 2.45) is 0 Å². The summed E-state index contributed by atoms with van der Waals surface area (Å²) in [6, 6.07) is 1.05. The first kappa shape index (κ1) is 9.90. The van der Waals surface area contributed by atoms with Crippen molar-refractivity contribution < 1.29 is 19.6 Å². The Hall–Kier alpha value is -2.18. The van der Waals surface area contributed by atoms with E-state index in [0.29, 0.717) is 0 Å². The first-order valence-electron chi connectivity index (χ1n) is 3.48. The van der Waals surface area contributed by atoms with E-state index in [1.807, 2.05) is 0 Å². The van der Waals surface area contributed by atoms with E-state index in [-0.39, 0.29) is 11.3 Å². The summed E-state index contributed by atoms with van der Waals surface area (Å²) < 4.78 is 4.63. The minimum atomic E-state index is -1.22. The third-order valence-corrected chi connectivity index (χ3v) is 1.47. The van der Waals surface area contributed by atoms with Crippen LogP contribution in [0.2, 0.25) is 0 Å². The highest BCUT2D eigenvalue weighted by atomic mass is 16.6. The fourth-order valence-corrected chi connectivity index (χ4v) is 0.842. The summed E-state index contributed by atoms with van der Waals surface area (Å²) in [4.78, 5) is 23.5. The van der Waals surface area contributed by atoms with E-state index in [4.69, 9.17) is 5.11 Å². The molecule has 0 bridgehead atoms. The normalized spacial score (nSPS) is 9.50. The van der Waals surface area contributed by atoms with Crippen LogP contribution in [0, 0.1) is 10.1 Å². The van der Waals surface area contributed by atoms with Gasteiger partial charge in [-0.05, 0) is 9.91 Å². The highest BCUT2D eigenvalue weighted by Gasteiger charge is 2.19. The van der Waals surface area contributed by atoms with Gasteiger partial charge in [-0.2, -0.15) is 0 Å². The zero-order valence-electron chi connectivity index (χ0n) is 7.13. The van der Waals surface area contributed by atoms with E-state index in [2.05, 4.69) is 9.72 Å². The van der Waals surface area contributed by atoms with Crippen molar-refractivity contribution in [3.05, 3.63) is 27.9 Å². The molecule has 0 aliphatic heterocycles. The lowest BCUT2D eigenvalue weighted by Crippen LogP contribution is -2.02. The van der Waals surface area contributed by atoms with Gasteiger partial charge in [0.1, 0.15) is 5.56 Å². The number of hydrogen-bond acceptors (Lipinski definition) is 5. The molecule has 7 nitrogen and oxygen atoms in total. The minimum absolute atomic E-state index is 0.160. The number of methoxy groups -OCH3 is 1. The van der Waals surface area contributed by atoms with Gasteiger partial charge in [0.05, 0.1) is 7.11 Å². The maximum atomic E-state index is 10.5. The Morgan fingerprint density at radius 3 is 2.79 bits per heavy atom. The largest absolute Gasteiger partial charge is 0.489 e. The molecule has 7 heteroatoms. The van der Waals surface area contributed by atoms with Crippen molar-refractivity contribution in [3.63, 3.8) is 0 Å². The average Bonchev–Trinajstić information content (AvgIpc) is 2.16. The molecule has 1 rings (SSSR count). The van der Waals surface area contributed by atoms with Crippen molar-refractivity contribution in [2.45, 2.75) is 0 Å². The van der Waals surface area contributed by atoms with E-state index in [1.165, 1.54) is 7.11 Å². The second-order valence-corrected chi connectivity index (χ2v) is 2.31. The molecule has 14 heavy (non-hydrogen) atoms. The van der Waals surface area contributed by atoms with Crippen molar-refractivity contribution >= 4 is 11.8 Å². The van der Waals surface area contributed by atoms with Crippen LogP contribution in [0.5, 0.6) is 5.75 Å². The lowest BCUT2D eigenvalue weighted by molar-refractivity contribution is -0.390. The summed E-state index contributed by atoms with van der Waals surface area (Å²) in [5.41, 5.74) is -0.160. The van der Waals surface area contributed by atoms with Gasteiger partial charge in [0.25, 0.3) is 0 Å². The Labute approximate surface area is 78.1 Å². The molecule has 0 saturated heterocycles. The topological polar surface area (TPSA) is 103 Å². The van der Waals surface area contributed by atoms with Crippen LogP contribution in [-0.4, -0.2) is 28.1 Å². The van der Waals surface area contributed by atoms with Gasteiger partial charge in [0.2, 0.25) is 5.75 Å². The number of hydrogen-bond donors (Lipinski definition) is 1. The predicted molar refractivity (Wildman–Crippen MR) is 44.4 cm³/mol. The number of ether oxygens (including phenoxy) is 1. The van der Waals surface area contributed by atoms with Crippen LogP contribution in [0.1, 0.15) is 10.4 Å². The first-order chi connectivity index (χ1) is 6.56. The van der Waals surface area contributed by atoms with E-state index in [0.717, 1.165) is 12.3 Å². The molecule has 74 valence electrons. The molecule has 0 aliphatic rings. The van der Waals surface area contributed by atoms with Gasteiger partial charge in [0, 0.05) is 6.07 Å². The fourth-order valence-electron chi connectivity index (χ4n) is 0.842. The van der Waals surface area contributed by atoms with Crippen LogP contribution in [0.25, 0.3) is 0 Å². The van der Waals surface area contributed by atoms with Crippen molar-refractivity contribution in [1.29, 1.82) is 0 Å². The molecule has 0 spiro atoms. The maximum absolute atomic E-state index is 10.5. The van der Waals surface area contributed by atoms with Crippen molar-refractivity contribution in [3.8, 4) is 5.75 Å². The van der Waals surface area contributed by atoms with E-state index in [9.17, 15) is 14.9 Å². The molecule has 0 radical (unpaired) electrons. The summed E-state index contributed by atoms with van der Waals surface area (Å²) >= 11 is 0. The van der Waals surface area contributed by atoms with Crippen LogP contribution in [-0.2, 0) is 0 Å². The predicted octanol–water partition coefficient (Wildman–Crippen LogP) is 0.697. The van der Waals surface area contributed by atoms with Crippen LogP contribution in [0.3, 0.4) is 0 Å². The molecule has 0 saturated carbocycles. The van der Waals surface area contributed by atoms with Crippen LogP contribution in [0.15, 0.2) is 12.3 Å². The molecule has 1 N–H and O–H groups in total. The van der Waals surface area contributed by atoms with Gasteiger partial charge in [-0.3, -0.25) is 0 Å². The molecule has 0 unspecified atom stereocenters. The summed E-state index contributed by atoms with van der Waals surface area (Å²) in [5, 5.41) is 18.9. The second kappa shape index (κ2) is 3.69. The summed E-state index contributed by atoms with van der Waals surface area (Å²) in [5.74, 6) is -1.89. The van der Waals surface area contributed by atoms with E-state index in [1.54, 1.807) is 0 Å². The molecule has 1 aromatic rings. The number of aromatic nitrogens is 1. The number of rotatable bonds is 3. The van der Waals surface area contributed by atoms with Crippen LogP contribution in [0.4, 0.5) is 5.82 Å². The molecule has 1 heterocycles. The van der Waals surface area contributed by atoms with Gasteiger partial charge >= 0.3 is 11.8 Å². The highest BCUT2D eigenvalue weighted by molar-refractivity contribution is 5.88. The molecular weight excluding hydrogens is 192 g/mol. The standard InChI is InChI=1S/C7H6N2O5/c1-14-5-2-4(7(10)11)3-8-6(5)9(12)13/h2-3H,1H3,(H,10,11). The first-order valence-corrected chi connectivity index (χ1v) is 3.48. The molecule has 0 fully saturated rings. The number of aromatic carboxylic acids is 1. The van der Waals surface area contributed by atoms with Gasteiger partial charge in [-0.1, -0.05) is 0 Å². The van der Waals surface area contributed by atoms with Crippen molar-refractivity contribution in [2.75, 3.05) is 7.11 Å². The average molecular weight is 198 g/mol. The maximum Gasteiger partial charge on any atom is 0.406 e. The van der Waals surface area contributed by atoms with Crippen molar-refractivity contribution in [1.82, 2.24) is 4.98 Å². The number of nitrogens with zero attached hydrogens (tertiary/aromatic N) is 2. The molecule has 0 aromatic carbocycles. The molecule has 0 amide bonds. The number of carboxylic acids is 1. The second-order valence-electron chi connectivity index (χ2n) is 2.31. The molecule has 0 atom stereocenters. The van der Waals surface area contributed by atoms with E-state index >= 15 is 0 Å². The Morgan fingerprint density at radius 2 is 2.36 bits per heavy atom. The summed E-state index contributed by atoms with van der Waals surface area (Å²) in [6.45, 7) is 0. The van der Waals surface area contributed by atoms with Gasteiger partial charge in [-0.25, -0.2) is 4.79 Å². The Bertz CT molecular complexity index is 390. The minimum Gasteiger partial charge on any atom is -0.489 e.